The van der Waals surface area contributed by atoms with Crippen molar-refractivity contribution in [2.45, 2.75) is 76.3 Å². The van der Waals surface area contributed by atoms with E-state index in [1.807, 2.05) is 0 Å². The number of hydrogen-bond acceptors (Lipinski definition) is 10. The van der Waals surface area contributed by atoms with Crippen LogP contribution >= 0.6 is 0 Å². The lowest BCUT2D eigenvalue weighted by Crippen LogP contribution is -2.63. The molecule has 4 saturated carbocycles. The Labute approximate surface area is 221 Å². The van der Waals surface area contributed by atoms with Gasteiger partial charge < -0.3 is 29.6 Å². The van der Waals surface area contributed by atoms with Gasteiger partial charge in [0.05, 0.1) is 39.3 Å². The average Bonchev–Trinajstić information content (AvgIpc) is 2.90. The monoisotopic (exact) mass is 538 g/mol. The molecule has 2 atom stereocenters. The molecule has 12 nitrogen and oxygen atoms in total. The number of nitrogens with one attached hydrogen (secondary N) is 2. The first-order chi connectivity index (χ1) is 18.0. The smallest absolute Gasteiger partial charge is 0.328 e. The molecule has 38 heavy (non-hydrogen) atoms. The van der Waals surface area contributed by atoms with Crippen LogP contribution in [0.25, 0.3) is 0 Å². The van der Waals surface area contributed by atoms with E-state index in [1.165, 1.54) is 28.4 Å². The molecule has 0 aromatic rings. The minimum atomic E-state index is -1.02. The van der Waals surface area contributed by atoms with Crippen molar-refractivity contribution < 1.29 is 47.7 Å². The number of ether oxygens (including phenoxy) is 4. The predicted molar refractivity (Wildman–Crippen MR) is 130 cm³/mol. The Morgan fingerprint density at radius 1 is 0.658 bits per heavy atom. The molecule has 4 fully saturated rings. The predicted octanol–water partition coefficient (Wildman–Crippen LogP) is 0.795. The van der Waals surface area contributed by atoms with Gasteiger partial charge in [0.2, 0.25) is 11.8 Å². The van der Waals surface area contributed by atoms with Gasteiger partial charge in [0.1, 0.15) is 12.1 Å². The topological polar surface area (TPSA) is 163 Å². The van der Waals surface area contributed by atoms with Crippen molar-refractivity contribution in [3.63, 3.8) is 0 Å². The highest BCUT2D eigenvalue weighted by molar-refractivity contribution is 5.92. The summed E-state index contributed by atoms with van der Waals surface area (Å²) in [6.07, 6.45) is 3.49. The standard InChI is InChI=1S/C26H38N2O10/c1-35-19(29)7-5-17(21(31)37-3)27-23(33)25-10-15-9-16(11-25)13-26(12-15,14-25)24(34)28-18(22(32)38-4)6-8-20(30)36-2/h15-18H,5-14H2,1-4H3,(H,27,33)(H,28,34)/t15?,16?,17-,18-,25?,26?/m0/s1. The van der Waals surface area contributed by atoms with E-state index in [0.29, 0.717) is 25.7 Å². The van der Waals surface area contributed by atoms with E-state index >= 15 is 0 Å². The van der Waals surface area contributed by atoms with E-state index in [2.05, 4.69) is 20.1 Å². The molecule has 12 heteroatoms. The molecule has 0 aromatic carbocycles. The molecule has 4 bridgehead atoms. The fourth-order valence-corrected chi connectivity index (χ4v) is 6.93. The zero-order valence-electron chi connectivity index (χ0n) is 22.5. The molecule has 0 aliphatic heterocycles. The van der Waals surface area contributed by atoms with Crippen molar-refractivity contribution >= 4 is 35.7 Å². The minimum Gasteiger partial charge on any atom is -0.469 e. The van der Waals surface area contributed by atoms with E-state index in [0.717, 1.165) is 6.42 Å². The van der Waals surface area contributed by atoms with Crippen molar-refractivity contribution in [2.24, 2.45) is 22.7 Å². The fraction of sp³-hybridized carbons (Fsp3) is 0.769. The number of amides is 2. The summed E-state index contributed by atoms with van der Waals surface area (Å²) >= 11 is 0. The van der Waals surface area contributed by atoms with E-state index in [9.17, 15) is 28.8 Å². The quantitative estimate of drug-likeness (QED) is 0.268. The molecular weight excluding hydrogens is 500 g/mol. The van der Waals surface area contributed by atoms with E-state index < -0.39 is 46.8 Å². The summed E-state index contributed by atoms with van der Waals surface area (Å²) in [5.74, 6) is -2.72. The zero-order chi connectivity index (χ0) is 28.1. The molecule has 4 aliphatic carbocycles. The lowest BCUT2D eigenvalue weighted by atomic mass is 9.43. The van der Waals surface area contributed by atoms with Crippen LogP contribution in [0.5, 0.6) is 0 Å². The van der Waals surface area contributed by atoms with Crippen molar-refractivity contribution in [1.29, 1.82) is 0 Å². The molecule has 4 aliphatic rings. The molecule has 212 valence electrons. The zero-order valence-corrected chi connectivity index (χ0v) is 22.5. The van der Waals surface area contributed by atoms with Crippen molar-refractivity contribution in [1.82, 2.24) is 10.6 Å². The van der Waals surface area contributed by atoms with Gasteiger partial charge in [0, 0.05) is 12.8 Å². The van der Waals surface area contributed by atoms with Crippen LogP contribution < -0.4 is 10.6 Å². The summed E-state index contributed by atoms with van der Waals surface area (Å²) < 4.78 is 19.0. The highest BCUT2D eigenvalue weighted by Gasteiger charge is 2.63. The number of methoxy groups -OCH3 is 4. The minimum absolute atomic E-state index is 0.0284. The number of carbonyl (C=O) groups is 6. The Balaban J connectivity index is 1.78. The van der Waals surface area contributed by atoms with Gasteiger partial charge in [0.15, 0.2) is 0 Å². The third-order valence-corrected chi connectivity index (χ3v) is 8.34. The summed E-state index contributed by atoms with van der Waals surface area (Å²) in [4.78, 5) is 75.4. The molecule has 0 aromatic heterocycles. The van der Waals surface area contributed by atoms with Gasteiger partial charge >= 0.3 is 23.9 Å². The van der Waals surface area contributed by atoms with Gasteiger partial charge in [-0.2, -0.15) is 0 Å². The Morgan fingerprint density at radius 2 is 1.03 bits per heavy atom. The Hall–Kier alpha value is -3.18. The van der Waals surface area contributed by atoms with Crippen molar-refractivity contribution in [3.05, 3.63) is 0 Å². The van der Waals surface area contributed by atoms with E-state index in [-0.39, 0.29) is 55.8 Å². The number of carbonyl (C=O) groups excluding carboxylic acids is 6. The van der Waals surface area contributed by atoms with Crippen LogP contribution in [0.2, 0.25) is 0 Å². The number of rotatable bonds is 12. The third kappa shape index (κ3) is 6.27. The third-order valence-electron chi connectivity index (χ3n) is 8.34. The highest BCUT2D eigenvalue weighted by Crippen LogP contribution is 2.65. The highest BCUT2D eigenvalue weighted by atomic mass is 16.5. The van der Waals surface area contributed by atoms with Crippen LogP contribution in [0.3, 0.4) is 0 Å². The molecule has 0 spiro atoms. The second-order valence-electron chi connectivity index (χ2n) is 10.8. The van der Waals surface area contributed by atoms with Crippen LogP contribution in [0.1, 0.15) is 64.2 Å². The molecule has 2 amide bonds. The largest absolute Gasteiger partial charge is 0.469 e. The van der Waals surface area contributed by atoms with Gasteiger partial charge in [-0.05, 0) is 63.2 Å². The normalized spacial score (nSPS) is 28.4. The SMILES string of the molecule is COC(=O)CC[C@H](NC(=O)C12CC3CC(C1)CC(C(=O)N[C@@H](CCC(=O)OC)C(=O)OC)(C3)C2)C(=O)OC. The van der Waals surface area contributed by atoms with Crippen LogP contribution in [-0.2, 0) is 47.7 Å². The first kappa shape index (κ1) is 29.4. The maximum Gasteiger partial charge on any atom is 0.328 e. The maximum absolute atomic E-state index is 13.7. The average molecular weight is 539 g/mol. The maximum atomic E-state index is 13.7. The molecule has 0 radical (unpaired) electrons. The first-order valence-electron chi connectivity index (χ1n) is 12.9. The second-order valence-corrected chi connectivity index (χ2v) is 10.8. The van der Waals surface area contributed by atoms with Crippen molar-refractivity contribution in [2.75, 3.05) is 28.4 Å². The molecule has 4 rings (SSSR count). The van der Waals surface area contributed by atoms with Crippen LogP contribution in [0.4, 0.5) is 0 Å². The first-order valence-corrected chi connectivity index (χ1v) is 12.9. The lowest BCUT2D eigenvalue weighted by molar-refractivity contribution is -0.170. The number of hydrogen-bond donors (Lipinski definition) is 2. The van der Waals surface area contributed by atoms with Crippen LogP contribution in [0.15, 0.2) is 0 Å². The molecular formula is C26H38N2O10. The summed E-state index contributed by atoms with van der Waals surface area (Å²) in [5, 5.41) is 5.58. The fourth-order valence-electron chi connectivity index (χ4n) is 6.93. The van der Waals surface area contributed by atoms with Gasteiger partial charge in [-0.15, -0.1) is 0 Å². The van der Waals surface area contributed by atoms with Gasteiger partial charge in [-0.1, -0.05) is 0 Å². The van der Waals surface area contributed by atoms with Crippen molar-refractivity contribution in [3.8, 4) is 0 Å². The van der Waals surface area contributed by atoms with Crippen LogP contribution in [-0.4, -0.2) is 76.2 Å². The van der Waals surface area contributed by atoms with Gasteiger partial charge in [-0.25, -0.2) is 9.59 Å². The lowest BCUT2D eigenvalue weighted by Gasteiger charge is -2.60. The summed E-state index contributed by atoms with van der Waals surface area (Å²) in [5.41, 5.74) is -1.71. The summed E-state index contributed by atoms with van der Waals surface area (Å²) in [6, 6.07) is -2.04. The number of esters is 4. The van der Waals surface area contributed by atoms with Crippen LogP contribution in [0, 0.1) is 22.7 Å². The summed E-state index contributed by atoms with van der Waals surface area (Å²) in [6.45, 7) is 0. The van der Waals surface area contributed by atoms with Gasteiger partial charge in [-0.3, -0.25) is 19.2 Å². The molecule has 0 unspecified atom stereocenters. The second kappa shape index (κ2) is 12.1. The Bertz CT molecular complexity index is 878. The Kier molecular flexibility index (Phi) is 9.37. The van der Waals surface area contributed by atoms with E-state index in [1.54, 1.807) is 0 Å². The van der Waals surface area contributed by atoms with Gasteiger partial charge in [0.25, 0.3) is 0 Å². The molecule has 2 N–H and O–H groups in total. The van der Waals surface area contributed by atoms with E-state index in [4.69, 9.17) is 9.47 Å². The molecule has 0 saturated heterocycles. The molecule has 0 heterocycles. The Morgan fingerprint density at radius 3 is 1.34 bits per heavy atom. The summed E-state index contributed by atoms with van der Waals surface area (Å²) in [7, 11) is 4.91.